The summed E-state index contributed by atoms with van der Waals surface area (Å²) in [6.45, 7) is 1.06. The molecule has 2 N–H and O–H groups in total. The summed E-state index contributed by atoms with van der Waals surface area (Å²) >= 11 is 0. The van der Waals surface area contributed by atoms with Gasteiger partial charge in [0.05, 0.1) is 5.92 Å². The van der Waals surface area contributed by atoms with Crippen molar-refractivity contribution >= 4 is 17.7 Å². The van der Waals surface area contributed by atoms with E-state index in [0.717, 1.165) is 12.8 Å². The Labute approximate surface area is 124 Å². The van der Waals surface area contributed by atoms with E-state index in [0.29, 0.717) is 38.4 Å². The molecule has 3 amide bonds. The van der Waals surface area contributed by atoms with Crippen molar-refractivity contribution in [2.75, 3.05) is 13.1 Å². The third-order valence-corrected chi connectivity index (χ3v) is 4.91. The fourth-order valence-corrected chi connectivity index (χ4v) is 3.65. The summed E-state index contributed by atoms with van der Waals surface area (Å²) in [5.41, 5.74) is 0. The van der Waals surface area contributed by atoms with Gasteiger partial charge in [0.1, 0.15) is 0 Å². The molecule has 0 radical (unpaired) electrons. The van der Waals surface area contributed by atoms with Gasteiger partial charge in [-0.1, -0.05) is 12.8 Å². The summed E-state index contributed by atoms with van der Waals surface area (Å²) in [4.78, 5) is 37.4. The normalized spacial score (nSPS) is 30.6. The zero-order valence-corrected chi connectivity index (χ0v) is 12.3. The van der Waals surface area contributed by atoms with Gasteiger partial charge in [0, 0.05) is 38.0 Å². The molecule has 0 aromatic carbocycles. The van der Waals surface area contributed by atoms with Crippen LogP contribution in [-0.4, -0.2) is 47.8 Å². The van der Waals surface area contributed by atoms with E-state index in [1.165, 1.54) is 12.8 Å². The maximum absolute atomic E-state index is 12.3. The first kappa shape index (κ1) is 14.4. The van der Waals surface area contributed by atoms with E-state index in [-0.39, 0.29) is 29.7 Å². The first-order chi connectivity index (χ1) is 10.1. The lowest BCUT2D eigenvalue weighted by atomic mass is 10.0. The highest BCUT2D eigenvalue weighted by Gasteiger charge is 2.39. The highest BCUT2D eigenvalue weighted by atomic mass is 16.2. The number of carbonyl (C=O) groups is 3. The van der Waals surface area contributed by atoms with Crippen LogP contribution < -0.4 is 10.6 Å². The molecule has 1 saturated carbocycles. The van der Waals surface area contributed by atoms with Gasteiger partial charge in [-0.25, -0.2) is 0 Å². The Morgan fingerprint density at radius 3 is 2.62 bits per heavy atom. The third-order valence-electron chi connectivity index (χ3n) is 4.91. The van der Waals surface area contributed by atoms with Crippen LogP contribution in [0.2, 0.25) is 0 Å². The fourth-order valence-electron chi connectivity index (χ4n) is 3.65. The number of hydrogen-bond acceptors (Lipinski definition) is 3. The maximum atomic E-state index is 12.3. The number of likely N-dealkylation sites (tertiary alicyclic amines) is 1. The predicted molar refractivity (Wildman–Crippen MR) is 76.3 cm³/mol. The molecule has 1 aliphatic carbocycles. The highest BCUT2D eigenvalue weighted by Crippen LogP contribution is 2.29. The molecule has 2 atom stereocenters. The Balaban J connectivity index is 1.51. The van der Waals surface area contributed by atoms with Crippen molar-refractivity contribution < 1.29 is 14.4 Å². The molecular weight excluding hydrogens is 270 g/mol. The first-order valence-electron chi connectivity index (χ1n) is 8.00. The Kier molecular flexibility index (Phi) is 4.12. The van der Waals surface area contributed by atoms with Gasteiger partial charge in [0.2, 0.25) is 17.7 Å². The summed E-state index contributed by atoms with van der Waals surface area (Å²) < 4.78 is 0. The molecule has 0 aromatic rings. The van der Waals surface area contributed by atoms with E-state index >= 15 is 0 Å². The van der Waals surface area contributed by atoms with Crippen molar-refractivity contribution in [3.05, 3.63) is 0 Å². The average Bonchev–Trinajstić information content (AvgIpc) is 3.10. The second kappa shape index (κ2) is 6.03. The summed E-state index contributed by atoms with van der Waals surface area (Å²) in [7, 11) is 0. The second-order valence-corrected chi connectivity index (χ2v) is 6.43. The van der Waals surface area contributed by atoms with E-state index in [1.54, 1.807) is 0 Å². The average molecular weight is 293 g/mol. The van der Waals surface area contributed by atoms with E-state index in [9.17, 15) is 14.4 Å². The number of rotatable bonds is 3. The van der Waals surface area contributed by atoms with Crippen LogP contribution in [0.3, 0.4) is 0 Å². The molecule has 0 spiro atoms. The van der Waals surface area contributed by atoms with Crippen LogP contribution in [0.5, 0.6) is 0 Å². The third kappa shape index (κ3) is 3.19. The minimum Gasteiger partial charge on any atom is -0.354 e. The van der Waals surface area contributed by atoms with Gasteiger partial charge in [0.15, 0.2) is 0 Å². The van der Waals surface area contributed by atoms with E-state index in [4.69, 9.17) is 0 Å². The number of piperidine rings is 1. The van der Waals surface area contributed by atoms with Gasteiger partial charge >= 0.3 is 0 Å². The van der Waals surface area contributed by atoms with Crippen molar-refractivity contribution in [3.63, 3.8) is 0 Å². The summed E-state index contributed by atoms with van der Waals surface area (Å²) in [5, 5.41) is 5.74. The van der Waals surface area contributed by atoms with Crippen LogP contribution in [0.25, 0.3) is 0 Å². The van der Waals surface area contributed by atoms with Gasteiger partial charge in [-0.15, -0.1) is 0 Å². The van der Waals surface area contributed by atoms with Gasteiger partial charge in [-0.2, -0.15) is 0 Å². The summed E-state index contributed by atoms with van der Waals surface area (Å²) in [5.74, 6) is -0.0938. The molecule has 116 valence electrons. The molecule has 21 heavy (non-hydrogen) atoms. The SMILES string of the molecule is O=C1CCC(NC(=O)C2CC(=O)N(C3CCCC3)C2)CN1. The van der Waals surface area contributed by atoms with Gasteiger partial charge < -0.3 is 15.5 Å². The monoisotopic (exact) mass is 293 g/mol. The van der Waals surface area contributed by atoms with Crippen molar-refractivity contribution in [2.24, 2.45) is 5.92 Å². The molecule has 0 bridgehead atoms. The number of hydrogen-bond donors (Lipinski definition) is 2. The zero-order valence-electron chi connectivity index (χ0n) is 12.3. The van der Waals surface area contributed by atoms with Crippen molar-refractivity contribution in [2.45, 2.75) is 57.0 Å². The molecule has 3 fully saturated rings. The lowest BCUT2D eigenvalue weighted by molar-refractivity contribution is -0.130. The van der Waals surface area contributed by atoms with Crippen molar-refractivity contribution in [1.82, 2.24) is 15.5 Å². The van der Waals surface area contributed by atoms with Gasteiger partial charge in [-0.05, 0) is 19.3 Å². The Morgan fingerprint density at radius 1 is 1.19 bits per heavy atom. The minimum atomic E-state index is -0.226. The van der Waals surface area contributed by atoms with E-state index in [2.05, 4.69) is 10.6 Å². The lowest BCUT2D eigenvalue weighted by Gasteiger charge is -2.26. The molecule has 6 nitrogen and oxygen atoms in total. The van der Waals surface area contributed by atoms with Gasteiger partial charge in [0.25, 0.3) is 0 Å². The molecule has 2 saturated heterocycles. The van der Waals surface area contributed by atoms with Crippen LogP contribution in [0.1, 0.15) is 44.9 Å². The molecule has 0 aromatic heterocycles. The number of carbonyl (C=O) groups excluding carboxylic acids is 3. The Bertz CT molecular complexity index is 435. The molecular formula is C15H23N3O3. The van der Waals surface area contributed by atoms with Crippen LogP contribution >= 0.6 is 0 Å². The Hall–Kier alpha value is -1.59. The van der Waals surface area contributed by atoms with Crippen molar-refractivity contribution in [1.29, 1.82) is 0 Å². The van der Waals surface area contributed by atoms with E-state index in [1.807, 2.05) is 4.90 Å². The van der Waals surface area contributed by atoms with E-state index < -0.39 is 0 Å². The largest absolute Gasteiger partial charge is 0.354 e. The standard InChI is InChI=1S/C15H23N3O3/c19-13-6-5-11(8-16-13)17-15(21)10-7-14(20)18(9-10)12-3-1-2-4-12/h10-12H,1-9H2,(H,16,19)(H,17,21). The van der Waals surface area contributed by atoms with Crippen molar-refractivity contribution in [3.8, 4) is 0 Å². The summed E-state index contributed by atoms with van der Waals surface area (Å²) in [6, 6.07) is 0.357. The van der Waals surface area contributed by atoms with Gasteiger partial charge in [-0.3, -0.25) is 14.4 Å². The second-order valence-electron chi connectivity index (χ2n) is 6.43. The number of nitrogens with one attached hydrogen (secondary N) is 2. The fraction of sp³-hybridized carbons (Fsp3) is 0.800. The summed E-state index contributed by atoms with van der Waals surface area (Å²) in [6.07, 6.45) is 6.01. The minimum absolute atomic E-state index is 0.00540. The zero-order chi connectivity index (χ0) is 14.8. The quantitative estimate of drug-likeness (QED) is 0.779. The highest BCUT2D eigenvalue weighted by molar-refractivity contribution is 5.89. The molecule has 6 heteroatoms. The first-order valence-corrected chi connectivity index (χ1v) is 8.00. The molecule has 2 heterocycles. The molecule has 2 unspecified atom stereocenters. The van der Waals surface area contributed by atoms with Crippen LogP contribution in [0, 0.1) is 5.92 Å². The number of amides is 3. The lowest BCUT2D eigenvalue weighted by Crippen LogP contribution is -2.49. The molecule has 2 aliphatic heterocycles. The Morgan fingerprint density at radius 2 is 1.95 bits per heavy atom. The van der Waals surface area contributed by atoms with Crippen LogP contribution in [-0.2, 0) is 14.4 Å². The van der Waals surface area contributed by atoms with Crippen LogP contribution in [0.4, 0.5) is 0 Å². The van der Waals surface area contributed by atoms with Crippen LogP contribution in [0.15, 0.2) is 0 Å². The smallest absolute Gasteiger partial charge is 0.225 e. The molecule has 3 rings (SSSR count). The predicted octanol–water partition coefficient (Wildman–Crippen LogP) is 0.172. The molecule has 3 aliphatic rings. The topological polar surface area (TPSA) is 78.5 Å². The number of nitrogens with zero attached hydrogens (tertiary/aromatic N) is 1. The maximum Gasteiger partial charge on any atom is 0.225 e.